The third-order valence-corrected chi connectivity index (χ3v) is 3.15. The minimum atomic E-state index is -0.652. The minimum Gasteiger partial charge on any atom is -0.486 e. The Labute approximate surface area is 105 Å². The van der Waals surface area contributed by atoms with Gasteiger partial charge in [-0.15, -0.1) is 0 Å². The Morgan fingerprint density at radius 2 is 1.94 bits per heavy atom. The van der Waals surface area contributed by atoms with Gasteiger partial charge in [0.15, 0.2) is 11.5 Å². The number of ether oxygens (including phenoxy) is 2. The van der Waals surface area contributed by atoms with Crippen LogP contribution in [0.3, 0.4) is 0 Å². The molecule has 2 heterocycles. The average molecular weight is 245 g/mol. The predicted octanol–water partition coefficient (Wildman–Crippen LogP) is 1.88. The van der Waals surface area contributed by atoms with E-state index in [0.29, 0.717) is 19.0 Å². The second-order valence-corrected chi connectivity index (χ2v) is 4.35. The van der Waals surface area contributed by atoms with Crippen LogP contribution in [0.1, 0.15) is 17.4 Å². The molecule has 1 atom stereocenters. The fourth-order valence-electron chi connectivity index (χ4n) is 2.16. The molecule has 3 rings (SSSR count). The Morgan fingerprint density at radius 1 is 1.17 bits per heavy atom. The van der Waals surface area contributed by atoms with Gasteiger partial charge in [-0.1, -0.05) is 6.07 Å². The topological polar surface area (TPSA) is 43.6 Å². The molecule has 0 saturated carbocycles. The number of aliphatic hydroxyl groups excluding tert-OH is 1. The first-order valence-electron chi connectivity index (χ1n) is 5.94. The number of rotatable bonds is 2. The molecule has 18 heavy (non-hydrogen) atoms. The third kappa shape index (κ3) is 1.84. The summed E-state index contributed by atoms with van der Waals surface area (Å²) in [7, 11) is 1.91. The van der Waals surface area contributed by atoms with Gasteiger partial charge in [0, 0.05) is 13.2 Å². The first kappa shape index (κ1) is 11.2. The summed E-state index contributed by atoms with van der Waals surface area (Å²) in [5.41, 5.74) is 1.66. The van der Waals surface area contributed by atoms with E-state index in [0.717, 1.165) is 17.0 Å². The molecule has 1 aromatic heterocycles. The highest BCUT2D eigenvalue weighted by Crippen LogP contribution is 2.34. The van der Waals surface area contributed by atoms with Gasteiger partial charge in [-0.2, -0.15) is 0 Å². The fraction of sp³-hybridized carbons (Fsp3) is 0.286. The number of aryl methyl sites for hydroxylation is 1. The van der Waals surface area contributed by atoms with E-state index in [2.05, 4.69) is 0 Å². The van der Waals surface area contributed by atoms with E-state index < -0.39 is 6.10 Å². The zero-order chi connectivity index (χ0) is 12.5. The van der Waals surface area contributed by atoms with E-state index in [1.165, 1.54) is 0 Å². The van der Waals surface area contributed by atoms with Crippen molar-refractivity contribution in [3.63, 3.8) is 0 Å². The van der Waals surface area contributed by atoms with Gasteiger partial charge < -0.3 is 19.1 Å². The molecule has 1 aliphatic rings. The molecule has 2 aromatic rings. The average Bonchev–Trinajstić information content (AvgIpc) is 2.83. The first-order chi connectivity index (χ1) is 8.75. The van der Waals surface area contributed by atoms with E-state index in [-0.39, 0.29) is 0 Å². The van der Waals surface area contributed by atoms with Crippen molar-refractivity contribution in [3.05, 3.63) is 47.8 Å². The Kier molecular flexibility index (Phi) is 2.72. The van der Waals surface area contributed by atoms with Gasteiger partial charge in [0.25, 0.3) is 0 Å². The monoisotopic (exact) mass is 245 g/mol. The summed E-state index contributed by atoms with van der Waals surface area (Å²) in [6, 6.07) is 9.37. The molecule has 0 amide bonds. The number of aliphatic hydroxyl groups is 1. The Balaban J connectivity index is 1.95. The maximum atomic E-state index is 10.3. The lowest BCUT2D eigenvalue weighted by Crippen LogP contribution is -2.16. The Morgan fingerprint density at radius 3 is 2.67 bits per heavy atom. The second kappa shape index (κ2) is 4.38. The van der Waals surface area contributed by atoms with Crippen molar-refractivity contribution in [2.45, 2.75) is 6.10 Å². The SMILES string of the molecule is Cn1cccc1[C@@H](O)c1ccc2c(c1)OCCO2. The number of aromatic nitrogens is 1. The highest BCUT2D eigenvalue weighted by Gasteiger charge is 2.17. The molecule has 0 saturated heterocycles. The number of fused-ring (bicyclic) bond motifs is 1. The lowest BCUT2D eigenvalue weighted by molar-refractivity contribution is 0.169. The van der Waals surface area contributed by atoms with E-state index in [1.54, 1.807) is 0 Å². The molecule has 0 bridgehead atoms. The maximum Gasteiger partial charge on any atom is 0.161 e. The lowest BCUT2D eigenvalue weighted by atomic mass is 10.1. The number of hydrogen-bond acceptors (Lipinski definition) is 3. The maximum absolute atomic E-state index is 10.3. The molecule has 0 aliphatic carbocycles. The van der Waals surface area contributed by atoms with Crippen molar-refractivity contribution in [2.24, 2.45) is 7.05 Å². The largest absolute Gasteiger partial charge is 0.486 e. The van der Waals surface area contributed by atoms with Gasteiger partial charge >= 0.3 is 0 Å². The van der Waals surface area contributed by atoms with E-state index >= 15 is 0 Å². The van der Waals surface area contributed by atoms with Crippen molar-refractivity contribution in [1.29, 1.82) is 0 Å². The van der Waals surface area contributed by atoms with Crippen LogP contribution in [0.2, 0.25) is 0 Å². The summed E-state index contributed by atoms with van der Waals surface area (Å²) < 4.78 is 12.9. The molecule has 4 nitrogen and oxygen atoms in total. The molecular formula is C14H15NO3. The summed E-state index contributed by atoms with van der Waals surface area (Å²) in [4.78, 5) is 0. The summed E-state index contributed by atoms with van der Waals surface area (Å²) in [5.74, 6) is 1.44. The summed E-state index contributed by atoms with van der Waals surface area (Å²) >= 11 is 0. The van der Waals surface area contributed by atoms with Crippen LogP contribution in [-0.2, 0) is 7.05 Å². The summed E-state index contributed by atoms with van der Waals surface area (Å²) in [6.07, 6.45) is 1.26. The van der Waals surface area contributed by atoms with Gasteiger partial charge in [-0.3, -0.25) is 0 Å². The summed E-state index contributed by atoms with van der Waals surface area (Å²) in [6.45, 7) is 1.13. The number of nitrogens with zero attached hydrogens (tertiary/aromatic N) is 1. The van der Waals surface area contributed by atoms with Crippen molar-refractivity contribution in [3.8, 4) is 11.5 Å². The van der Waals surface area contributed by atoms with Crippen LogP contribution in [0.5, 0.6) is 11.5 Å². The van der Waals surface area contributed by atoms with Gasteiger partial charge in [-0.25, -0.2) is 0 Å². The highest BCUT2D eigenvalue weighted by molar-refractivity contribution is 5.45. The first-order valence-corrected chi connectivity index (χ1v) is 5.94. The molecule has 94 valence electrons. The Bertz CT molecular complexity index is 562. The number of hydrogen-bond donors (Lipinski definition) is 1. The zero-order valence-electron chi connectivity index (χ0n) is 10.2. The third-order valence-electron chi connectivity index (χ3n) is 3.15. The molecule has 1 N–H and O–H groups in total. The van der Waals surface area contributed by atoms with E-state index in [1.807, 2.05) is 48.1 Å². The molecule has 1 aromatic carbocycles. The van der Waals surface area contributed by atoms with Gasteiger partial charge in [0.1, 0.15) is 19.3 Å². The quantitative estimate of drug-likeness (QED) is 0.878. The van der Waals surface area contributed by atoms with Crippen LogP contribution in [0.15, 0.2) is 36.5 Å². The highest BCUT2D eigenvalue weighted by atomic mass is 16.6. The fourth-order valence-corrected chi connectivity index (χ4v) is 2.16. The summed E-state index contributed by atoms with van der Waals surface area (Å²) in [5, 5.41) is 10.3. The van der Waals surface area contributed by atoms with Crippen LogP contribution in [0.4, 0.5) is 0 Å². The molecule has 1 aliphatic heterocycles. The second-order valence-electron chi connectivity index (χ2n) is 4.35. The minimum absolute atomic E-state index is 0.552. The normalized spacial score (nSPS) is 15.4. The van der Waals surface area contributed by atoms with Crippen molar-refractivity contribution < 1.29 is 14.6 Å². The predicted molar refractivity (Wildman–Crippen MR) is 66.9 cm³/mol. The van der Waals surface area contributed by atoms with E-state index in [4.69, 9.17) is 9.47 Å². The van der Waals surface area contributed by atoms with Gasteiger partial charge in [-0.05, 0) is 29.8 Å². The van der Waals surface area contributed by atoms with Crippen LogP contribution < -0.4 is 9.47 Å². The lowest BCUT2D eigenvalue weighted by Gasteiger charge is -2.20. The van der Waals surface area contributed by atoms with Crippen molar-refractivity contribution >= 4 is 0 Å². The van der Waals surface area contributed by atoms with Crippen molar-refractivity contribution in [1.82, 2.24) is 4.57 Å². The Hall–Kier alpha value is -1.94. The van der Waals surface area contributed by atoms with E-state index in [9.17, 15) is 5.11 Å². The van der Waals surface area contributed by atoms with Crippen LogP contribution >= 0.6 is 0 Å². The molecule has 0 fully saturated rings. The zero-order valence-corrected chi connectivity index (χ0v) is 10.2. The molecular weight excluding hydrogens is 230 g/mol. The van der Waals surface area contributed by atoms with Crippen LogP contribution in [0, 0.1) is 0 Å². The molecule has 4 heteroatoms. The van der Waals surface area contributed by atoms with Crippen LogP contribution in [0.25, 0.3) is 0 Å². The molecule has 0 radical (unpaired) electrons. The number of benzene rings is 1. The van der Waals surface area contributed by atoms with Gasteiger partial charge in [0.2, 0.25) is 0 Å². The molecule has 0 unspecified atom stereocenters. The van der Waals surface area contributed by atoms with Gasteiger partial charge in [0.05, 0.1) is 5.69 Å². The molecule has 0 spiro atoms. The smallest absolute Gasteiger partial charge is 0.161 e. The van der Waals surface area contributed by atoms with Crippen LogP contribution in [-0.4, -0.2) is 22.9 Å². The van der Waals surface area contributed by atoms with Crippen molar-refractivity contribution in [2.75, 3.05) is 13.2 Å². The standard InChI is InChI=1S/C14H15NO3/c1-15-6-2-3-11(15)14(16)10-4-5-12-13(9-10)18-8-7-17-12/h2-6,9,14,16H,7-8H2,1H3/t14-/m0/s1.